The molecular formula is C53H34N4. The fourth-order valence-corrected chi connectivity index (χ4v) is 8.27. The molecule has 0 saturated heterocycles. The molecule has 0 atom stereocenters. The molecular weight excluding hydrogens is 693 g/mol. The molecule has 0 aliphatic rings. The zero-order valence-corrected chi connectivity index (χ0v) is 30.9. The Balaban J connectivity index is 1.15. The van der Waals surface area contributed by atoms with Crippen LogP contribution in [0.1, 0.15) is 0 Å². The highest BCUT2D eigenvalue weighted by molar-refractivity contribution is 6.10. The minimum absolute atomic E-state index is 0.614. The van der Waals surface area contributed by atoms with Crippen LogP contribution in [0.2, 0.25) is 0 Å². The smallest absolute Gasteiger partial charge is 0.164 e. The van der Waals surface area contributed by atoms with E-state index in [9.17, 15) is 0 Å². The average Bonchev–Trinajstić information content (AvgIpc) is 3.63. The predicted octanol–water partition coefficient (Wildman–Crippen LogP) is 13.6. The number of para-hydroxylation sites is 2. The van der Waals surface area contributed by atoms with Gasteiger partial charge in [0.1, 0.15) is 0 Å². The van der Waals surface area contributed by atoms with Crippen molar-refractivity contribution in [1.29, 1.82) is 0 Å². The van der Waals surface area contributed by atoms with Crippen molar-refractivity contribution in [1.82, 2.24) is 19.5 Å². The van der Waals surface area contributed by atoms with Crippen molar-refractivity contribution < 1.29 is 0 Å². The van der Waals surface area contributed by atoms with Crippen LogP contribution >= 0.6 is 0 Å². The van der Waals surface area contributed by atoms with Crippen molar-refractivity contribution in [2.75, 3.05) is 0 Å². The molecule has 0 amide bonds. The highest BCUT2D eigenvalue weighted by atomic mass is 15.0. The number of hydrogen-bond donors (Lipinski definition) is 0. The number of fused-ring (bicyclic) bond motifs is 5. The van der Waals surface area contributed by atoms with Crippen LogP contribution in [0.5, 0.6) is 0 Å². The second-order valence-corrected chi connectivity index (χ2v) is 14.4. The number of rotatable bonds is 6. The van der Waals surface area contributed by atoms with E-state index < -0.39 is 0 Å². The van der Waals surface area contributed by atoms with Gasteiger partial charge in [-0.1, -0.05) is 176 Å². The zero-order chi connectivity index (χ0) is 37.7. The molecule has 0 spiro atoms. The normalized spacial score (nSPS) is 11.5. The summed E-state index contributed by atoms with van der Waals surface area (Å²) in [5, 5.41) is 6.95. The minimum Gasteiger partial charge on any atom is -0.309 e. The Morgan fingerprint density at radius 2 is 0.807 bits per heavy atom. The molecule has 0 aliphatic heterocycles. The van der Waals surface area contributed by atoms with Gasteiger partial charge in [-0.15, -0.1) is 0 Å². The van der Waals surface area contributed by atoms with Gasteiger partial charge in [0, 0.05) is 33.0 Å². The average molecular weight is 727 g/mol. The maximum Gasteiger partial charge on any atom is 0.164 e. The third-order valence-corrected chi connectivity index (χ3v) is 11.0. The predicted molar refractivity (Wildman–Crippen MR) is 236 cm³/mol. The molecule has 0 aliphatic carbocycles. The van der Waals surface area contributed by atoms with Gasteiger partial charge in [-0.2, -0.15) is 0 Å². The summed E-state index contributed by atoms with van der Waals surface area (Å²) in [5.41, 5.74) is 10.8. The number of hydrogen-bond acceptors (Lipinski definition) is 3. The van der Waals surface area contributed by atoms with Crippen molar-refractivity contribution in [3.8, 4) is 62.1 Å². The zero-order valence-electron chi connectivity index (χ0n) is 30.9. The van der Waals surface area contributed by atoms with Crippen molar-refractivity contribution in [2.45, 2.75) is 0 Å². The van der Waals surface area contributed by atoms with Crippen molar-refractivity contribution >= 4 is 43.4 Å². The monoisotopic (exact) mass is 726 g/mol. The van der Waals surface area contributed by atoms with Gasteiger partial charge >= 0.3 is 0 Å². The number of benzene rings is 9. The quantitative estimate of drug-likeness (QED) is 0.171. The Hall–Kier alpha value is -7.69. The van der Waals surface area contributed by atoms with E-state index in [4.69, 9.17) is 15.0 Å². The van der Waals surface area contributed by atoms with Crippen LogP contribution in [0.4, 0.5) is 0 Å². The summed E-state index contributed by atoms with van der Waals surface area (Å²) in [6.45, 7) is 0. The lowest BCUT2D eigenvalue weighted by atomic mass is 9.99. The topological polar surface area (TPSA) is 43.6 Å². The van der Waals surface area contributed by atoms with Crippen molar-refractivity contribution in [3.05, 3.63) is 206 Å². The lowest BCUT2D eigenvalue weighted by Crippen LogP contribution is -2.02. The highest BCUT2D eigenvalue weighted by Gasteiger charge is 2.19. The van der Waals surface area contributed by atoms with Crippen LogP contribution in [-0.4, -0.2) is 19.5 Å². The third-order valence-electron chi connectivity index (χ3n) is 11.0. The van der Waals surface area contributed by atoms with Crippen LogP contribution in [0, 0.1) is 0 Å². The molecule has 0 bridgehead atoms. The first-order valence-corrected chi connectivity index (χ1v) is 19.3. The summed E-state index contributed by atoms with van der Waals surface area (Å²) < 4.78 is 2.39. The highest BCUT2D eigenvalue weighted by Crippen LogP contribution is 2.39. The summed E-state index contributed by atoms with van der Waals surface area (Å²) in [5.74, 6) is 1.87. The van der Waals surface area contributed by atoms with Crippen LogP contribution in [0.15, 0.2) is 206 Å². The molecule has 4 heteroatoms. The first-order valence-electron chi connectivity index (χ1n) is 19.3. The summed E-state index contributed by atoms with van der Waals surface area (Å²) in [4.78, 5) is 15.8. The van der Waals surface area contributed by atoms with Gasteiger partial charge in [-0.05, 0) is 68.6 Å². The first kappa shape index (κ1) is 32.7. The second-order valence-electron chi connectivity index (χ2n) is 14.4. The molecule has 0 fully saturated rings. The molecule has 0 saturated carbocycles. The largest absolute Gasteiger partial charge is 0.309 e. The Labute approximate surface area is 330 Å². The Bertz CT molecular complexity index is 3230. The SMILES string of the molecule is c1ccc(-c2ccc3ccc(-c4nc(-c5ccc(-c6ccccc6)c(-n6c7ccccc7c7ccccc76)c5)nc(-c5cccc6ccccc56)n4)cc3c2)cc1. The lowest BCUT2D eigenvalue weighted by Gasteiger charge is -2.16. The van der Waals surface area contributed by atoms with Gasteiger partial charge in [0.15, 0.2) is 17.5 Å². The van der Waals surface area contributed by atoms with Gasteiger partial charge in [0.2, 0.25) is 0 Å². The summed E-state index contributed by atoms with van der Waals surface area (Å²) >= 11 is 0. The molecule has 57 heavy (non-hydrogen) atoms. The molecule has 0 radical (unpaired) electrons. The molecule has 11 rings (SSSR count). The molecule has 266 valence electrons. The lowest BCUT2D eigenvalue weighted by molar-refractivity contribution is 1.07. The Kier molecular flexibility index (Phi) is 7.78. The summed E-state index contributed by atoms with van der Waals surface area (Å²) in [6.07, 6.45) is 0. The second kappa shape index (κ2) is 13.6. The maximum absolute atomic E-state index is 5.28. The van der Waals surface area contributed by atoms with E-state index in [1.54, 1.807) is 0 Å². The fourth-order valence-electron chi connectivity index (χ4n) is 8.27. The maximum atomic E-state index is 5.28. The summed E-state index contributed by atoms with van der Waals surface area (Å²) in [7, 11) is 0. The molecule has 2 heterocycles. The van der Waals surface area contributed by atoms with Gasteiger partial charge < -0.3 is 4.57 Å². The van der Waals surface area contributed by atoms with Crippen molar-refractivity contribution in [3.63, 3.8) is 0 Å². The molecule has 4 nitrogen and oxygen atoms in total. The van der Waals surface area contributed by atoms with Gasteiger partial charge in [-0.25, -0.2) is 15.0 Å². The van der Waals surface area contributed by atoms with E-state index in [1.807, 2.05) is 0 Å². The number of nitrogens with zero attached hydrogens (tertiary/aromatic N) is 4. The molecule has 9 aromatic carbocycles. The Morgan fingerprint density at radius 3 is 1.53 bits per heavy atom. The Morgan fingerprint density at radius 1 is 0.281 bits per heavy atom. The summed E-state index contributed by atoms with van der Waals surface area (Å²) in [6, 6.07) is 72.9. The van der Waals surface area contributed by atoms with E-state index in [1.165, 1.54) is 21.9 Å². The van der Waals surface area contributed by atoms with Crippen LogP contribution in [0.25, 0.3) is 105 Å². The standard InChI is InChI=1S/C53H34N4/c1-3-14-35(15-4-1)39-28-26-36-27-29-40(33-42(36)32-39)51-54-52(56-53(55-51)47-23-13-19-37-18-7-8-20-43(37)47)41-30-31-44(38-16-5-2-6-17-38)50(34-41)57-48-24-11-9-21-45(48)46-22-10-12-25-49(46)57/h1-34H. The van der Waals surface area contributed by atoms with E-state index in [0.717, 1.165) is 66.1 Å². The minimum atomic E-state index is 0.614. The van der Waals surface area contributed by atoms with Gasteiger partial charge in [0.25, 0.3) is 0 Å². The van der Waals surface area contributed by atoms with E-state index in [0.29, 0.717) is 17.5 Å². The molecule has 2 aromatic heterocycles. The van der Waals surface area contributed by atoms with Gasteiger partial charge in [0.05, 0.1) is 16.7 Å². The third kappa shape index (κ3) is 5.74. The molecule has 11 aromatic rings. The van der Waals surface area contributed by atoms with Crippen LogP contribution < -0.4 is 0 Å². The van der Waals surface area contributed by atoms with E-state index >= 15 is 0 Å². The van der Waals surface area contributed by atoms with E-state index in [-0.39, 0.29) is 0 Å². The van der Waals surface area contributed by atoms with Gasteiger partial charge in [-0.3, -0.25) is 0 Å². The van der Waals surface area contributed by atoms with E-state index in [2.05, 4.69) is 211 Å². The van der Waals surface area contributed by atoms with Crippen molar-refractivity contribution in [2.24, 2.45) is 0 Å². The van der Waals surface area contributed by atoms with Crippen LogP contribution in [0.3, 0.4) is 0 Å². The first-order chi connectivity index (χ1) is 28.2. The fraction of sp³-hybridized carbons (Fsp3) is 0. The molecule has 0 unspecified atom stereocenters. The van der Waals surface area contributed by atoms with Crippen LogP contribution in [-0.2, 0) is 0 Å². The molecule has 0 N–H and O–H groups in total. The number of aromatic nitrogens is 4.